The summed E-state index contributed by atoms with van der Waals surface area (Å²) in [5.74, 6) is 1.63. The zero-order valence-electron chi connectivity index (χ0n) is 13.8. The van der Waals surface area contributed by atoms with Crippen molar-refractivity contribution in [3.05, 3.63) is 34.5 Å². The number of thioether (sulfide) groups is 1. The van der Waals surface area contributed by atoms with Gasteiger partial charge < -0.3 is 15.2 Å². The van der Waals surface area contributed by atoms with Gasteiger partial charge in [0, 0.05) is 16.5 Å². The number of hydrogen-bond donors (Lipinski definition) is 2. The molecule has 0 atom stereocenters. The number of hydrogen-bond acceptors (Lipinski definition) is 7. The molecule has 0 aliphatic carbocycles. The molecular formula is C17H16ClN3O2S3. The van der Waals surface area contributed by atoms with Crippen LogP contribution in [-0.2, 0) is 0 Å². The van der Waals surface area contributed by atoms with Gasteiger partial charge in [0.15, 0.2) is 11.5 Å². The number of thiophene rings is 1. The lowest BCUT2D eigenvalue weighted by Gasteiger charge is -2.18. The molecule has 0 saturated carbocycles. The smallest absolute Gasteiger partial charge is 0.162 e. The number of amidine groups is 1. The highest BCUT2D eigenvalue weighted by molar-refractivity contribution is 8.00. The van der Waals surface area contributed by atoms with Crippen molar-refractivity contribution >= 4 is 52.7 Å². The van der Waals surface area contributed by atoms with E-state index < -0.39 is 0 Å². The zero-order valence-corrected chi connectivity index (χ0v) is 17.0. The van der Waals surface area contributed by atoms with Gasteiger partial charge in [-0.1, -0.05) is 0 Å². The van der Waals surface area contributed by atoms with Crippen molar-refractivity contribution < 1.29 is 9.47 Å². The minimum absolute atomic E-state index is 0. The van der Waals surface area contributed by atoms with Crippen molar-refractivity contribution in [1.82, 2.24) is 4.98 Å². The standard InChI is InChI=1S/C17H15N3O2S3.ClH/c1-23-17-10(7-14(25-17)15(18)19)16-20-11(8-24-16)9-2-3-12-13(6-9)22-5-4-21-12;/h2-3,6-8H,4-5H2,1H3,(H3,18,19);1H. The maximum absolute atomic E-state index is 7.65. The Balaban J connectivity index is 0.00000196. The number of aromatic nitrogens is 1. The van der Waals surface area contributed by atoms with E-state index in [0.29, 0.717) is 13.2 Å². The highest BCUT2D eigenvalue weighted by atomic mass is 35.5. The van der Waals surface area contributed by atoms with Crippen LogP contribution in [0.5, 0.6) is 11.5 Å². The molecule has 2 aromatic heterocycles. The summed E-state index contributed by atoms with van der Waals surface area (Å²) in [6.45, 7) is 1.15. The third-order valence-electron chi connectivity index (χ3n) is 3.72. The normalized spacial score (nSPS) is 12.5. The van der Waals surface area contributed by atoms with E-state index in [0.717, 1.165) is 42.4 Å². The Labute approximate surface area is 169 Å². The first-order valence-electron chi connectivity index (χ1n) is 7.54. The van der Waals surface area contributed by atoms with Crippen LogP contribution in [-0.4, -0.2) is 30.3 Å². The summed E-state index contributed by atoms with van der Waals surface area (Å²) in [7, 11) is 0. The van der Waals surface area contributed by atoms with E-state index in [4.69, 9.17) is 25.6 Å². The van der Waals surface area contributed by atoms with Crippen LogP contribution in [0, 0.1) is 5.41 Å². The predicted octanol–water partition coefficient (Wildman–Crippen LogP) is 4.74. The molecule has 0 unspecified atom stereocenters. The molecular weight excluding hydrogens is 410 g/mol. The number of fused-ring (bicyclic) bond motifs is 1. The van der Waals surface area contributed by atoms with Gasteiger partial charge in [-0.25, -0.2) is 4.98 Å². The number of nitrogens with one attached hydrogen (secondary N) is 1. The van der Waals surface area contributed by atoms with Crippen LogP contribution in [0.15, 0.2) is 33.9 Å². The molecule has 0 bridgehead atoms. The largest absolute Gasteiger partial charge is 0.486 e. The Hall–Kier alpha value is -1.74. The molecule has 4 rings (SSSR count). The number of halogens is 1. The molecule has 1 aliphatic rings. The molecule has 9 heteroatoms. The minimum Gasteiger partial charge on any atom is -0.486 e. The van der Waals surface area contributed by atoms with Crippen molar-refractivity contribution in [3.63, 3.8) is 0 Å². The average Bonchev–Trinajstić information content (AvgIpc) is 3.28. The molecule has 3 heterocycles. The van der Waals surface area contributed by atoms with Gasteiger partial charge in [-0.2, -0.15) is 0 Å². The summed E-state index contributed by atoms with van der Waals surface area (Å²) in [6, 6.07) is 7.84. The summed E-state index contributed by atoms with van der Waals surface area (Å²) in [5, 5.41) is 10.6. The SMILES string of the molecule is CSc1sc(C(=N)N)cc1-c1nc(-c2ccc3c(c2)OCCO3)cs1.Cl. The van der Waals surface area contributed by atoms with E-state index in [-0.39, 0.29) is 18.2 Å². The van der Waals surface area contributed by atoms with Gasteiger partial charge in [0.25, 0.3) is 0 Å². The molecule has 5 nitrogen and oxygen atoms in total. The highest BCUT2D eigenvalue weighted by Crippen LogP contribution is 2.41. The minimum atomic E-state index is 0. The van der Waals surface area contributed by atoms with Gasteiger partial charge in [0.1, 0.15) is 24.1 Å². The van der Waals surface area contributed by atoms with E-state index in [2.05, 4.69) is 0 Å². The van der Waals surface area contributed by atoms with E-state index >= 15 is 0 Å². The molecule has 0 fully saturated rings. The second-order valence-electron chi connectivity index (χ2n) is 5.33. The van der Waals surface area contributed by atoms with Crippen molar-refractivity contribution in [1.29, 1.82) is 5.41 Å². The van der Waals surface area contributed by atoms with Crippen LogP contribution < -0.4 is 15.2 Å². The van der Waals surface area contributed by atoms with Crippen LogP contribution in [0.1, 0.15) is 4.88 Å². The molecule has 1 aromatic carbocycles. The van der Waals surface area contributed by atoms with Gasteiger partial charge in [-0.3, -0.25) is 5.41 Å². The summed E-state index contributed by atoms with van der Waals surface area (Å²) < 4.78 is 12.3. The van der Waals surface area contributed by atoms with Gasteiger partial charge in [-0.15, -0.1) is 46.8 Å². The first-order chi connectivity index (χ1) is 12.2. The second-order valence-corrected chi connectivity index (χ2v) is 8.31. The summed E-state index contributed by atoms with van der Waals surface area (Å²) >= 11 is 4.77. The Bertz CT molecular complexity index is 955. The molecule has 0 spiro atoms. The van der Waals surface area contributed by atoms with E-state index in [1.807, 2.05) is 35.9 Å². The number of benzene rings is 1. The Morgan fingerprint density at radius 1 is 1.23 bits per heavy atom. The fourth-order valence-corrected chi connectivity index (χ4v) is 5.25. The molecule has 136 valence electrons. The monoisotopic (exact) mass is 425 g/mol. The zero-order chi connectivity index (χ0) is 17.4. The molecule has 3 aromatic rings. The Morgan fingerprint density at radius 2 is 2.00 bits per heavy atom. The lowest BCUT2D eigenvalue weighted by Crippen LogP contribution is -2.15. The van der Waals surface area contributed by atoms with Crippen molar-refractivity contribution in [2.75, 3.05) is 19.5 Å². The number of rotatable bonds is 4. The van der Waals surface area contributed by atoms with Crippen LogP contribution in [0.2, 0.25) is 0 Å². The third kappa shape index (κ3) is 3.55. The first kappa shape index (κ1) is 19.0. The van der Waals surface area contributed by atoms with Crippen molar-refractivity contribution in [2.24, 2.45) is 5.73 Å². The number of nitrogens with two attached hydrogens (primary N) is 1. The van der Waals surface area contributed by atoms with E-state index in [9.17, 15) is 0 Å². The molecule has 0 radical (unpaired) electrons. The first-order valence-corrected chi connectivity index (χ1v) is 10.5. The lowest BCUT2D eigenvalue weighted by molar-refractivity contribution is 0.171. The van der Waals surface area contributed by atoms with Crippen LogP contribution in [0.3, 0.4) is 0 Å². The van der Waals surface area contributed by atoms with Crippen molar-refractivity contribution in [3.8, 4) is 33.3 Å². The fourth-order valence-electron chi connectivity index (χ4n) is 2.54. The van der Waals surface area contributed by atoms with E-state index in [1.54, 1.807) is 23.1 Å². The Kier molecular flexibility index (Phi) is 5.76. The Morgan fingerprint density at radius 3 is 2.73 bits per heavy atom. The maximum atomic E-state index is 7.65. The van der Waals surface area contributed by atoms with Crippen LogP contribution >= 0.6 is 46.8 Å². The lowest BCUT2D eigenvalue weighted by atomic mass is 10.1. The predicted molar refractivity (Wildman–Crippen MR) is 112 cm³/mol. The molecule has 0 amide bonds. The quantitative estimate of drug-likeness (QED) is 0.358. The van der Waals surface area contributed by atoms with Gasteiger partial charge >= 0.3 is 0 Å². The second kappa shape index (κ2) is 7.87. The highest BCUT2D eigenvalue weighted by Gasteiger charge is 2.17. The van der Waals surface area contributed by atoms with E-state index in [1.165, 1.54) is 11.3 Å². The fraction of sp³-hybridized carbons (Fsp3) is 0.176. The third-order valence-corrected chi connectivity index (χ3v) is 6.90. The van der Waals surface area contributed by atoms with Crippen molar-refractivity contribution in [2.45, 2.75) is 4.21 Å². The number of ether oxygens (including phenoxy) is 2. The number of nitrogens with zero attached hydrogens (tertiary/aromatic N) is 1. The molecule has 3 N–H and O–H groups in total. The topological polar surface area (TPSA) is 81.2 Å². The maximum Gasteiger partial charge on any atom is 0.162 e. The molecule has 26 heavy (non-hydrogen) atoms. The average molecular weight is 426 g/mol. The number of nitrogen functional groups attached to an aromatic ring is 1. The van der Waals surface area contributed by atoms with Crippen LogP contribution in [0.25, 0.3) is 21.8 Å². The van der Waals surface area contributed by atoms with Gasteiger partial charge in [0.05, 0.1) is 14.8 Å². The number of thiazole rings is 1. The summed E-state index contributed by atoms with van der Waals surface area (Å²) in [6.07, 6.45) is 2.02. The summed E-state index contributed by atoms with van der Waals surface area (Å²) in [5.41, 5.74) is 8.57. The van der Waals surface area contributed by atoms with Gasteiger partial charge in [-0.05, 0) is 30.5 Å². The molecule has 1 aliphatic heterocycles. The molecule has 0 saturated heterocycles. The summed E-state index contributed by atoms with van der Waals surface area (Å²) in [4.78, 5) is 5.56. The van der Waals surface area contributed by atoms with Gasteiger partial charge in [0.2, 0.25) is 0 Å². The van der Waals surface area contributed by atoms with Crippen LogP contribution in [0.4, 0.5) is 0 Å².